The van der Waals surface area contributed by atoms with Gasteiger partial charge in [0.05, 0.1) is 24.6 Å². The van der Waals surface area contributed by atoms with Gasteiger partial charge in [-0.15, -0.1) is 0 Å². The Bertz CT molecular complexity index is 854. The number of carbonyl (C=O) groups is 1. The van der Waals surface area contributed by atoms with Crippen LogP contribution in [0.15, 0.2) is 34.9 Å². The molecule has 6 nitrogen and oxygen atoms in total. The molecule has 136 valence electrons. The van der Waals surface area contributed by atoms with Gasteiger partial charge in [-0.25, -0.2) is 21.6 Å². The lowest BCUT2D eigenvalue weighted by molar-refractivity contribution is 0.0946. The van der Waals surface area contributed by atoms with E-state index in [9.17, 15) is 26.4 Å². The maximum absolute atomic E-state index is 13.5. The van der Waals surface area contributed by atoms with Crippen molar-refractivity contribution in [2.45, 2.75) is 6.54 Å². The second-order valence-corrected chi connectivity index (χ2v) is 7.14. The minimum absolute atomic E-state index is 0.0404. The fraction of sp³-hybridized carbons (Fsp3) is 0.267. The summed E-state index contributed by atoms with van der Waals surface area (Å²) in [6.45, 7) is -0.317. The molecule has 0 unspecified atom stereocenters. The normalized spacial score (nSPS) is 11.7. The molecule has 0 bridgehead atoms. The highest BCUT2D eigenvalue weighted by molar-refractivity contribution is 7.88. The fourth-order valence-corrected chi connectivity index (χ4v) is 2.81. The number of rotatable bonds is 7. The van der Waals surface area contributed by atoms with E-state index in [-0.39, 0.29) is 19.6 Å². The van der Waals surface area contributed by atoms with E-state index in [4.69, 9.17) is 4.42 Å². The van der Waals surface area contributed by atoms with Crippen molar-refractivity contribution in [2.24, 2.45) is 0 Å². The van der Waals surface area contributed by atoms with E-state index in [1.54, 1.807) is 12.1 Å². The van der Waals surface area contributed by atoms with Gasteiger partial charge in [-0.2, -0.15) is 4.31 Å². The number of benzene rings is 1. The molecular weight excluding hydrogens is 361 g/mol. The second kappa shape index (κ2) is 7.70. The zero-order valence-corrected chi connectivity index (χ0v) is 13.9. The number of nitrogens with zero attached hydrogens (tertiary/aromatic N) is 1. The average Bonchev–Trinajstić information content (AvgIpc) is 3.04. The lowest BCUT2D eigenvalue weighted by Gasteiger charge is -2.19. The molecular formula is C15H15F3N2O4S. The third-order valence-corrected chi connectivity index (χ3v) is 4.56. The number of amides is 1. The third-order valence-electron chi connectivity index (χ3n) is 3.31. The molecule has 25 heavy (non-hydrogen) atoms. The molecule has 1 aromatic heterocycles. The summed E-state index contributed by atoms with van der Waals surface area (Å²) in [5.41, 5.74) is -0.671. The van der Waals surface area contributed by atoms with Gasteiger partial charge in [0.25, 0.3) is 5.91 Å². The molecule has 2 rings (SSSR count). The van der Waals surface area contributed by atoms with Gasteiger partial charge in [0.1, 0.15) is 5.76 Å². The summed E-state index contributed by atoms with van der Waals surface area (Å²) in [4.78, 5) is 11.9. The maximum Gasteiger partial charge on any atom is 0.254 e. The van der Waals surface area contributed by atoms with Crippen LogP contribution in [0.2, 0.25) is 0 Å². The summed E-state index contributed by atoms with van der Waals surface area (Å²) in [5.74, 6) is -5.33. The summed E-state index contributed by atoms with van der Waals surface area (Å²) >= 11 is 0. The molecule has 0 radical (unpaired) electrons. The largest absolute Gasteiger partial charge is 0.468 e. The highest BCUT2D eigenvalue weighted by atomic mass is 32.2. The van der Waals surface area contributed by atoms with Crippen LogP contribution in [0.25, 0.3) is 0 Å². The van der Waals surface area contributed by atoms with E-state index in [0.29, 0.717) is 11.8 Å². The number of hydrogen-bond donors (Lipinski definition) is 1. The van der Waals surface area contributed by atoms with Crippen LogP contribution in [0.1, 0.15) is 16.1 Å². The Morgan fingerprint density at radius 3 is 2.52 bits per heavy atom. The van der Waals surface area contributed by atoms with Crippen LogP contribution in [-0.4, -0.2) is 38.0 Å². The predicted molar refractivity (Wildman–Crippen MR) is 82.6 cm³/mol. The molecule has 0 aliphatic carbocycles. The van der Waals surface area contributed by atoms with Gasteiger partial charge in [-0.05, 0) is 24.3 Å². The van der Waals surface area contributed by atoms with Crippen LogP contribution in [0.3, 0.4) is 0 Å². The van der Waals surface area contributed by atoms with E-state index < -0.39 is 38.9 Å². The molecule has 2 aromatic rings. The molecule has 1 N–H and O–H groups in total. The Balaban J connectivity index is 2.00. The van der Waals surface area contributed by atoms with Gasteiger partial charge < -0.3 is 9.73 Å². The second-order valence-electron chi connectivity index (χ2n) is 5.15. The average molecular weight is 376 g/mol. The summed E-state index contributed by atoms with van der Waals surface area (Å²) in [6.07, 6.45) is 2.39. The van der Waals surface area contributed by atoms with Crippen LogP contribution in [-0.2, 0) is 16.6 Å². The zero-order valence-electron chi connectivity index (χ0n) is 13.1. The van der Waals surface area contributed by atoms with Crippen molar-refractivity contribution in [3.8, 4) is 0 Å². The van der Waals surface area contributed by atoms with Gasteiger partial charge in [0.15, 0.2) is 17.5 Å². The predicted octanol–water partition coefficient (Wildman–Crippen LogP) is 1.89. The van der Waals surface area contributed by atoms with Crippen molar-refractivity contribution in [2.75, 3.05) is 19.3 Å². The summed E-state index contributed by atoms with van der Waals surface area (Å²) in [5, 5.41) is 2.26. The monoisotopic (exact) mass is 376 g/mol. The lowest BCUT2D eigenvalue weighted by atomic mass is 10.2. The zero-order chi connectivity index (χ0) is 18.6. The Kier molecular flexibility index (Phi) is 5.85. The number of halogens is 3. The quantitative estimate of drug-likeness (QED) is 0.749. The summed E-state index contributed by atoms with van der Waals surface area (Å²) in [6, 6.07) is 4.63. The Morgan fingerprint density at radius 2 is 1.92 bits per heavy atom. The number of furan rings is 1. The van der Waals surface area contributed by atoms with Gasteiger partial charge in [-0.1, -0.05) is 0 Å². The van der Waals surface area contributed by atoms with E-state index in [1.165, 1.54) is 6.26 Å². The smallest absolute Gasteiger partial charge is 0.254 e. The van der Waals surface area contributed by atoms with Crippen molar-refractivity contribution in [1.29, 1.82) is 0 Å². The van der Waals surface area contributed by atoms with Gasteiger partial charge in [0, 0.05) is 13.1 Å². The molecule has 1 heterocycles. The van der Waals surface area contributed by atoms with Crippen molar-refractivity contribution >= 4 is 15.9 Å². The number of hydrogen-bond acceptors (Lipinski definition) is 4. The first kappa shape index (κ1) is 19.0. The number of sulfonamides is 1. The SMILES string of the molecule is CS(=O)(=O)N(CCNC(=O)c1ccc(F)c(F)c1F)Cc1ccco1. The number of nitrogens with one attached hydrogen (secondary N) is 1. The Hall–Kier alpha value is -2.33. The van der Waals surface area contributed by atoms with Crippen LogP contribution >= 0.6 is 0 Å². The van der Waals surface area contributed by atoms with Gasteiger partial charge >= 0.3 is 0 Å². The topological polar surface area (TPSA) is 79.6 Å². The first-order valence-electron chi connectivity index (χ1n) is 7.09. The maximum atomic E-state index is 13.5. The van der Waals surface area contributed by atoms with Crippen LogP contribution in [0, 0.1) is 17.5 Å². The molecule has 0 atom stereocenters. The molecule has 0 aliphatic heterocycles. The molecule has 1 aromatic carbocycles. The lowest BCUT2D eigenvalue weighted by Crippen LogP contribution is -2.37. The minimum Gasteiger partial charge on any atom is -0.468 e. The Morgan fingerprint density at radius 1 is 1.20 bits per heavy atom. The van der Waals surface area contributed by atoms with Crippen LogP contribution < -0.4 is 5.32 Å². The minimum atomic E-state index is -3.59. The van der Waals surface area contributed by atoms with Crippen molar-refractivity contribution < 1.29 is 30.8 Å². The highest BCUT2D eigenvalue weighted by Gasteiger charge is 2.21. The van der Waals surface area contributed by atoms with Crippen molar-refractivity contribution in [3.63, 3.8) is 0 Å². The molecule has 10 heteroatoms. The first-order valence-corrected chi connectivity index (χ1v) is 8.94. The third kappa shape index (κ3) is 4.83. The van der Waals surface area contributed by atoms with Gasteiger partial charge in [0.2, 0.25) is 10.0 Å². The van der Waals surface area contributed by atoms with Crippen molar-refractivity contribution in [3.05, 3.63) is 59.3 Å². The molecule has 0 saturated carbocycles. The van der Waals surface area contributed by atoms with Gasteiger partial charge in [-0.3, -0.25) is 4.79 Å². The molecule has 0 saturated heterocycles. The number of carbonyl (C=O) groups excluding carboxylic acids is 1. The molecule has 0 fully saturated rings. The van der Waals surface area contributed by atoms with E-state index in [2.05, 4.69) is 5.32 Å². The Labute approximate surface area is 142 Å². The van der Waals surface area contributed by atoms with E-state index >= 15 is 0 Å². The van der Waals surface area contributed by atoms with E-state index in [1.807, 2.05) is 0 Å². The van der Waals surface area contributed by atoms with Crippen LogP contribution in [0.4, 0.5) is 13.2 Å². The van der Waals surface area contributed by atoms with E-state index in [0.717, 1.165) is 16.6 Å². The first-order chi connectivity index (χ1) is 11.7. The summed E-state index contributed by atoms with van der Waals surface area (Å²) < 4.78 is 69.2. The van der Waals surface area contributed by atoms with Crippen LogP contribution in [0.5, 0.6) is 0 Å². The standard InChI is InChI=1S/C15H15F3N2O4S/c1-25(22,23)20(9-10-3-2-8-24-10)7-6-19-15(21)11-4-5-12(16)14(18)13(11)17/h2-5,8H,6-7,9H2,1H3,(H,19,21). The molecule has 1 amide bonds. The summed E-state index contributed by atoms with van der Waals surface area (Å²) in [7, 11) is -3.59. The van der Waals surface area contributed by atoms with Crippen molar-refractivity contribution in [1.82, 2.24) is 9.62 Å². The molecule has 0 spiro atoms. The highest BCUT2D eigenvalue weighted by Crippen LogP contribution is 2.15. The fourth-order valence-electron chi connectivity index (χ4n) is 2.03. The molecule has 0 aliphatic rings.